The molecule has 0 bridgehead atoms. The van der Waals surface area contributed by atoms with E-state index in [1.807, 2.05) is 0 Å². The molecule has 0 spiro atoms. The molecule has 0 radical (unpaired) electrons. The number of nitrogens with two attached hydrogens (primary N) is 1. The van der Waals surface area contributed by atoms with E-state index in [2.05, 4.69) is 5.32 Å². The van der Waals surface area contributed by atoms with Crippen LogP contribution in [0.5, 0.6) is 0 Å². The van der Waals surface area contributed by atoms with Crippen LogP contribution in [0.4, 0.5) is 10.1 Å². The molecule has 19 heavy (non-hydrogen) atoms. The minimum absolute atomic E-state index is 0.245. The molecule has 2 rings (SSSR count). The molecule has 0 saturated heterocycles. The molecule has 0 saturated carbocycles. The summed E-state index contributed by atoms with van der Waals surface area (Å²) in [5.74, 6) is -0.245. The van der Waals surface area contributed by atoms with Crippen molar-refractivity contribution >= 4 is 34.5 Å². The lowest BCUT2D eigenvalue weighted by molar-refractivity contribution is 0.613. The van der Waals surface area contributed by atoms with Crippen molar-refractivity contribution < 1.29 is 4.39 Å². The average Bonchev–Trinajstić information content (AvgIpc) is 2.39. The standard InChI is InChI=1S/C14H12ClFN2S/c15-11-7-9(14(17)19)5-6-13(11)18-8-10-3-1-2-4-12(10)16/h1-7,18H,8H2,(H2,17,19). The predicted octanol–water partition coefficient (Wildman–Crippen LogP) is 3.73. The SMILES string of the molecule is NC(=S)c1ccc(NCc2ccccc2F)c(Cl)c1. The molecule has 0 aliphatic rings. The summed E-state index contributed by atoms with van der Waals surface area (Å²) >= 11 is 11.0. The number of nitrogens with one attached hydrogen (secondary N) is 1. The fourth-order valence-electron chi connectivity index (χ4n) is 1.64. The quantitative estimate of drug-likeness (QED) is 0.844. The predicted molar refractivity (Wildman–Crippen MR) is 81.1 cm³/mol. The first-order chi connectivity index (χ1) is 9.08. The van der Waals surface area contributed by atoms with Gasteiger partial charge < -0.3 is 11.1 Å². The minimum Gasteiger partial charge on any atom is -0.389 e. The monoisotopic (exact) mass is 294 g/mol. The van der Waals surface area contributed by atoms with Gasteiger partial charge in [0.1, 0.15) is 10.8 Å². The lowest BCUT2D eigenvalue weighted by Crippen LogP contribution is -2.09. The molecule has 0 fully saturated rings. The highest BCUT2D eigenvalue weighted by atomic mass is 35.5. The van der Waals surface area contributed by atoms with Crippen molar-refractivity contribution in [3.63, 3.8) is 0 Å². The first-order valence-corrected chi connectivity index (χ1v) is 6.43. The number of thiocarbonyl (C=S) groups is 1. The Labute approximate surface area is 121 Å². The zero-order valence-corrected chi connectivity index (χ0v) is 11.6. The van der Waals surface area contributed by atoms with Gasteiger partial charge in [-0.25, -0.2) is 4.39 Å². The van der Waals surface area contributed by atoms with E-state index >= 15 is 0 Å². The van der Waals surface area contributed by atoms with Gasteiger partial charge in [0.2, 0.25) is 0 Å². The van der Waals surface area contributed by atoms with Gasteiger partial charge in [0, 0.05) is 17.7 Å². The van der Waals surface area contributed by atoms with Gasteiger partial charge >= 0.3 is 0 Å². The lowest BCUT2D eigenvalue weighted by Gasteiger charge is -2.10. The van der Waals surface area contributed by atoms with Crippen LogP contribution in [-0.2, 0) is 6.54 Å². The van der Waals surface area contributed by atoms with Crippen molar-refractivity contribution in [1.29, 1.82) is 0 Å². The number of halogens is 2. The molecular formula is C14H12ClFN2S. The number of anilines is 1. The molecule has 2 aromatic rings. The zero-order valence-electron chi connectivity index (χ0n) is 9.99. The molecule has 98 valence electrons. The molecule has 0 aliphatic carbocycles. The maximum atomic E-state index is 13.5. The third kappa shape index (κ3) is 3.43. The summed E-state index contributed by atoms with van der Waals surface area (Å²) in [4.78, 5) is 0.294. The van der Waals surface area contributed by atoms with E-state index in [-0.39, 0.29) is 5.82 Å². The summed E-state index contributed by atoms with van der Waals surface area (Å²) < 4.78 is 13.5. The van der Waals surface area contributed by atoms with Gasteiger partial charge in [-0.15, -0.1) is 0 Å². The smallest absolute Gasteiger partial charge is 0.128 e. The highest BCUT2D eigenvalue weighted by Gasteiger charge is 2.05. The summed E-state index contributed by atoms with van der Waals surface area (Å²) in [6.07, 6.45) is 0. The van der Waals surface area contributed by atoms with Crippen LogP contribution in [0.15, 0.2) is 42.5 Å². The van der Waals surface area contributed by atoms with E-state index < -0.39 is 0 Å². The van der Waals surface area contributed by atoms with Gasteiger partial charge in [-0.05, 0) is 24.3 Å². The summed E-state index contributed by atoms with van der Waals surface area (Å²) in [5.41, 5.74) is 7.52. The Kier molecular flexibility index (Phi) is 4.35. The van der Waals surface area contributed by atoms with E-state index in [1.54, 1.807) is 36.4 Å². The number of hydrogen-bond donors (Lipinski definition) is 2. The molecule has 2 aromatic carbocycles. The maximum Gasteiger partial charge on any atom is 0.128 e. The van der Waals surface area contributed by atoms with Crippen LogP contribution in [-0.4, -0.2) is 4.99 Å². The average molecular weight is 295 g/mol. The highest BCUT2D eigenvalue weighted by molar-refractivity contribution is 7.80. The second-order valence-corrected chi connectivity index (χ2v) is 4.85. The van der Waals surface area contributed by atoms with E-state index in [0.717, 1.165) is 0 Å². The second kappa shape index (κ2) is 5.99. The van der Waals surface area contributed by atoms with Gasteiger partial charge in [0.15, 0.2) is 0 Å². The summed E-state index contributed by atoms with van der Waals surface area (Å²) in [7, 11) is 0. The van der Waals surface area contributed by atoms with Crippen molar-refractivity contribution in [2.24, 2.45) is 5.73 Å². The molecule has 3 N–H and O–H groups in total. The summed E-state index contributed by atoms with van der Waals surface area (Å²) in [5, 5.41) is 3.58. The topological polar surface area (TPSA) is 38.0 Å². The second-order valence-electron chi connectivity index (χ2n) is 4.00. The molecule has 0 aromatic heterocycles. The Balaban J connectivity index is 2.12. The Morgan fingerprint density at radius 1 is 1.26 bits per heavy atom. The van der Waals surface area contributed by atoms with Gasteiger partial charge in [-0.3, -0.25) is 0 Å². The Hall–Kier alpha value is -1.65. The van der Waals surface area contributed by atoms with Crippen LogP contribution < -0.4 is 11.1 Å². The third-order valence-electron chi connectivity index (χ3n) is 2.68. The van der Waals surface area contributed by atoms with Crippen LogP contribution in [0.2, 0.25) is 5.02 Å². The maximum absolute atomic E-state index is 13.5. The van der Waals surface area contributed by atoms with E-state index in [9.17, 15) is 4.39 Å². The molecule has 2 nitrogen and oxygen atoms in total. The molecule has 0 amide bonds. The van der Waals surface area contributed by atoms with Crippen molar-refractivity contribution in [3.8, 4) is 0 Å². The highest BCUT2D eigenvalue weighted by Crippen LogP contribution is 2.24. The fraction of sp³-hybridized carbons (Fsp3) is 0.0714. The molecule has 0 atom stereocenters. The van der Waals surface area contributed by atoms with Gasteiger partial charge in [0.25, 0.3) is 0 Å². The van der Waals surface area contributed by atoms with Crippen LogP contribution in [0.3, 0.4) is 0 Å². The van der Waals surface area contributed by atoms with Crippen LogP contribution in [0, 0.1) is 5.82 Å². The zero-order chi connectivity index (χ0) is 13.8. The minimum atomic E-state index is -0.245. The lowest BCUT2D eigenvalue weighted by atomic mass is 10.2. The van der Waals surface area contributed by atoms with E-state index in [0.29, 0.717) is 33.4 Å². The van der Waals surface area contributed by atoms with E-state index in [1.165, 1.54) is 6.07 Å². The number of hydrogen-bond acceptors (Lipinski definition) is 2. The Morgan fingerprint density at radius 3 is 2.63 bits per heavy atom. The largest absolute Gasteiger partial charge is 0.389 e. The van der Waals surface area contributed by atoms with Crippen LogP contribution in [0.1, 0.15) is 11.1 Å². The molecule has 0 unspecified atom stereocenters. The summed E-state index contributed by atoms with van der Waals surface area (Å²) in [6, 6.07) is 11.8. The van der Waals surface area contributed by atoms with Gasteiger partial charge in [-0.1, -0.05) is 42.0 Å². The fourth-order valence-corrected chi connectivity index (χ4v) is 2.02. The normalized spacial score (nSPS) is 10.2. The molecule has 5 heteroatoms. The van der Waals surface area contributed by atoms with E-state index in [4.69, 9.17) is 29.6 Å². The van der Waals surface area contributed by atoms with Gasteiger partial charge in [-0.2, -0.15) is 0 Å². The van der Waals surface area contributed by atoms with Crippen LogP contribution >= 0.6 is 23.8 Å². The molecular weight excluding hydrogens is 283 g/mol. The Morgan fingerprint density at radius 2 is 2.00 bits per heavy atom. The third-order valence-corrected chi connectivity index (χ3v) is 3.23. The summed E-state index contributed by atoms with van der Waals surface area (Å²) in [6.45, 7) is 0.360. The Bertz CT molecular complexity index is 616. The van der Waals surface area contributed by atoms with Crippen molar-refractivity contribution in [1.82, 2.24) is 0 Å². The number of rotatable bonds is 4. The number of benzene rings is 2. The van der Waals surface area contributed by atoms with Crippen molar-refractivity contribution in [3.05, 3.63) is 64.4 Å². The van der Waals surface area contributed by atoms with Crippen molar-refractivity contribution in [2.75, 3.05) is 5.32 Å². The molecule has 0 heterocycles. The first kappa shape index (κ1) is 13.8. The van der Waals surface area contributed by atoms with Gasteiger partial charge in [0.05, 0.1) is 10.7 Å². The molecule has 0 aliphatic heterocycles. The van der Waals surface area contributed by atoms with Crippen LogP contribution in [0.25, 0.3) is 0 Å². The van der Waals surface area contributed by atoms with Crippen molar-refractivity contribution in [2.45, 2.75) is 6.54 Å². The first-order valence-electron chi connectivity index (χ1n) is 5.64.